The number of aromatic carboxylic acids is 1. The zero-order valence-electron chi connectivity index (χ0n) is 11.1. The first-order chi connectivity index (χ1) is 8.68. The molecule has 3 N–H and O–H groups in total. The highest BCUT2D eigenvalue weighted by molar-refractivity contribution is 7.89. The van der Waals surface area contributed by atoms with Crippen LogP contribution in [-0.4, -0.2) is 32.6 Å². The molecule has 1 unspecified atom stereocenters. The normalized spacial score (nSPS) is 13.1. The van der Waals surface area contributed by atoms with Crippen LogP contribution in [0.4, 0.5) is 5.69 Å². The van der Waals surface area contributed by atoms with Gasteiger partial charge in [0.25, 0.3) is 0 Å². The molecule has 0 fully saturated rings. The number of nitrogens with zero attached hydrogens (tertiary/aromatic N) is 1. The second kappa shape index (κ2) is 5.58. The molecule has 0 saturated heterocycles. The molecule has 0 aliphatic carbocycles. The maximum Gasteiger partial charge on any atom is 0.337 e. The van der Waals surface area contributed by atoms with E-state index in [0.29, 0.717) is 5.69 Å². The van der Waals surface area contributed by atoms with E-state index in [0.717, 1.165) is 12.5 Å². The molecule has 1 aromatic carbocycles. The summed E-state index contributed by atoms with van der Waals surface area (Å²) in [6.07, 6.45) is 0.840. The van der Waals surface area contributed by atoms with Crippen LogP contribution >= 0.6 is 0 Å². The summed E-state index contributed by atoms with van der Waals surface area (Å²) in [4.78, 5) is 12.9. The fourth-order valence-corrected chi connectivity index (χ4v) is 2.22. The third kappa shape index (κ3) is 3.45. The number of carboxylic acids is 1. The SMILES string of the molecule is CCC(C)N(C)c1ccc(S(N)(=O)=O)cc1C(=O)O. The Bertz CT molecular complexity index is 583. The topological polar surface area (TPSA) is 101 Å². The van der Waals surface area contributed by atoms with E-state index in [2.05, 4.69) is 0 Å². The molecule has 0 aliphatic heterocycles. The Morgan fingerprint density at radius 3 is 2.47 bits per heavy atom. The summed E-state index contributed by atoms with van der Waals surface area (Å²) in [7, 11) is -2.14. The van der Waals surface area contributed by atoms with Crippen LogP contribution in [0.15, 0.2) is 23.1 Å². The summed E-state index contributed by atoms with van der Waals surface area (Å²) in [6.45, 7) is 3.94. The monoisotopic (exact) mass is 286 g/mol. The van der Waals surface area contributed by atoms with Crippen LogP contribution in [0.25, 0.3) is 0 Å². The molecule has 0 saturated carbocycles. The van der Waals surface area contributed by atoms with Gasteiger partial charge < -0.3 is 10.0 Å². The molecule has 0 amide bonds. The number of sulfonamides is 1. The number of rotatable bonds is 5. The van der Waals surface area contributed by atoms with Gasteiger partial charge in [0, 0.05) is 13.1 Å². The third-order valence-electron chi connectivity index (χ3n) is 3.16. The average molecular weight is 286 g/mol. The zero-order chi connectivity index (χ0) is 14.8. The van der Waals surface area contributed by atoms with Gasteiger partial charge in [0.05, 0.1) is 16.1 Å². The molecule has 0 aromatic heterocycles. The first-order valence-electron chi connectivity index (χ1n) is 5.81. The number of anilines is 1. The minimum Gasteiger partial charge on any atom is -0.478 e. The molecule has 6 nitrogen and oxygen atoms in total. The number of hydrogen-bond donors (Lipinski definition) is 2. The van der Waals surface area contributed by atoms with Gasteiger partial charge >= 0.3 is 5.97 Å². The van der Waals surface area contributed by atoms with E-state index in [1.54, 1.807) is 11.9 Å². The highest BCUT2D eigenvalue weighted by atomic mass is 32.2. The maximum absolute atomic E-state index is 11.3. The van der Waals surface area contributed by atoms with Gasteiger partial charge in [-0.15, -0.1) is 0 Å². The van der Waals surface area contributed by atoms with E-state index < -0.39 is 16.0 Å². The van der Waals surface area contributed by atoms with E-state index in [1.807, 2.05) is 13.8 Å². The lowest BCUT2D eigenvalue weighted by atomic mass is 10.1. The number of hydrogen-bond acceptors (Lipinski definition) is 4. The lowest BCUT2D eigenvalue weighted by molar-refractivity contribution is 0.0697. The van der Waals surface area contributed by atoms with Crippen LogP contribution in [0.3, 0.4) is 0 Å². The van der Waals surface area contributed by atoms with Gasteiger partial charge in [-0.2, -0.15) is 0 Å². The van der Waals surface area contributed by atoms with Gasteiger partial charge in [0.2, 0.25) is 10.0 Å². The largest absolute Gasteiger partial charge is 0.478 e. The van der Waals surface area contributed by atoms with Gasteiger partial charge in [0.1, 0.15) is 0 Å². The third-order valence-corrected chi connectivity index (χ3v) is 4.07. The van der Waals surface area contributed by atoms with E-state index in [1.165, 1.54) is 12.1 Å². The Balaban J connectivity index is 3.39. The molecule has 0 bridgehead atoms. The standard InChI is InChI=1S/C12H18N2O4S/c1-4-8(2)14(3)11-6-5-9(19(13,17)18)7-10(11)12(15)16/h5-8H,4H2,1-3H3,(H,15,16)(H2,13,17,18). The van der Waals surface area contributed by atoms with Crippen LogP contribution in [-0.2, 0) is 10.0 Å². The smallest absolute Gasteiger partial charge is 0.337 e. The Morgan fingerprint density at radius 1 is 1.47 bits per heavy atom. The molecule has 7 heteroatoms. The maximum atomic E-state index is 11.3. The second-order valence-electron chi connectivity index (χ2n) is 4.40. The highest BCUT2D eigenvalue weighted by Crippen LogP contribution is 2.25. The Morgan fingerprint density at radius 2 is 2.05 bits per heavy atom. The Labute approximate surface area is 112 Å². The molecule has 1 aromatic rings. The van der Waals surface area contributed by atoms with E-state index in [-0.39, 0.29) is 16.5 Å². The quantitative estimate of drug-likeness (QED) is 0.848. The van der Waals surface area contributed by atoms with Crippen molar-refractivity contribution in [1.29, 1.82) is 0 Å². The van der Waals surface area contributed by atoms with Crippen molar-refractivity contribution in [2.24, 2.45) is 5.14 Å². The molecule has 1 rings (SSSR count). The molecule has 0 aliphatic rings. The predicted octanol–water partition coefficient (Wildman–Crippen LogP) is 1.27. The van der Waals surface area contributed by atoms with Crippen LogP contribution in [0.1, 0.15) is 30.6 Å². The summed E-state index contributed by atoms with van der Waals surface area (Å²) in [5, 5.41) is 14.2. The summed E-state index contributed by atoms with van der Waals surface area (Å²) in [5.41, 5.74) is 0.392. The molecule has 0 spiro atoms. The predicted molar refractivity (Wildman–Crippen MR) is 72.9 cm³/mol. The average Bonchev–Trinajstić information content (AvgIpc) is 2.35. The van der Waals surface area contributed by atoms with Gasteiger partial charge in [-0.3, -0.25) is 0 Å². The van der Waals surface area contributed by atoms with Crippen molar-refractivity contribution in [2.45, 2.75) is 31.2 Å². The molecular weight excluding hydrogens is 268 g/mol. The second-order valence-corrected chi connectivity index (χ2v) is 5.96. The van der Waals surface area contributed by atoms with E-state index in [4.69, 9.17) is 5.14 Å². The Kier molecular flexibility index (Phi) is 4.54. The lowest BCUT2D eigenvalue weighted by Crippen LogP contribution is -2.29. The number of benzene rings is 1. The number of primary sulfonamides is 1. The van der Waals surface area contributed by atoms with Crippen molar-refractivity contribution in [3.05, 3.63) is 23.8 Å². The van der Waals surface area contributed by atoms with Gasteiger partial charge in [0.15, 0.2) is 0 Å². The van der Waals surface area contributed by atoms with Crippen LogP contribution in [0, 0.1) is 0 Å². The Hall–Kier alpha value is -1.60. The van der Waals surface area contributed by atoms with Crippen molar-refractivity contribution < 1.29 is 18.3 Å². The number of carboxylic acid groups (broad SMARTS) is 1. The fourth-order valence-electron chi connectivity index (χ4n) is 1.68. The van der Waals surface area contributed by atoms with Crippen LogP contribution in [0.5, 0.6) is 0 Å². The zero-order valence-corrected chi connectivity index (χ0v) is 11.9. The van der Waals surface area contributed by atoms with Crippen molar-refractivity contribution >= 4 is 21.7 Å². The molecule has 0 radical (unpaired) electrons. The molecule has 1 atom stereocenters. The summed E-state index contributed by atoms with van der Waals surface area (Å²) in [5.74, 6) is -1.18. The van der Waals surface area contributed by atoms with E-state index >= 15 is 0 Å². The van der Waals surface area contributed by atoms with Gasteiger partial charge in [-0.25, -0.2) is 18.4 Å². The van der Waals surface area contributed by atoms with Crippen LogP contribution in [0.2, 0.25) is 0 Å². The molecular formula is C12H18N2O4S. The summed E-state index contributed by atoms with van der Waals surface area (Å²) >= 11 is 0. The fraction of sp³-hybridized carbons (Fsp3) is 0.417. The van der Waals surface area contributed by atoms with Crippen LogP contribution < -0.4 is 10.0 Å². The van der Waals surface area contributed by atoms with Gasteiger partial charge in [-0.05, 0) is 31.5 Å². The number of nitrogens with two attached hydrogens (primary N) is 1. The highest BCUT2D eigenvalue weighted by Gasteiger charge is 2.19. The molecule has 19 heavy (non-hydrogen) atoms. The first kappa shape index (κ1) is 15.5. The minimum atomic E-state index is -3.91. The van der Waals surface area contributed by atoms with Crippen molar-refractivity contribution in [3.8, 4) is 0 Å². The minimum absolute atomic E-state index is 0.0747. The van der Waals surface area contributed by atoms with Crippen molar-refractivity contribution in [1.82, 2.24) is 0 Å². The molecule has 0 heterocycles. The van der Waals surface area contributed by atoms with Crippen molar-refractivity contribution in [3.63, 3.8) is 0 Å². The van der Waals surface area contributed by atoms with Gasteiger partial charge in [-0.1, -0.05) is 6.92 Å². The van der Waals surface area contributed by atoms with E-state index in [9.17, 15) is 18.3 Å². The molecule has 106 valence electrons. The number of carbonyl (C=O) groups is 1. The lowest BCUT2D eigenvalue weighted by Gasteiger charge is -2.27. The first-order valence-corrected chi connectivity index (χ1v) is 7.36. The summed E-state index contributed by atoms with van der Waals surface area (Å²) in [6, 6.07) is 4.01. The summed E-state index contributed by atoms with van der Waals surface area (Å²) < 4.78 is 22.5. The van der Waals surface area contributed by atoms with Crippen molar-refractivity contribution in [2.75, 3.05) is 11.9 Å².